The summed E-state index contributed by atoms with van der Waals surface area (Å²) in [7, 11) is 6.00. The van der Waals surface area contributed by atoms with Gasteiger partial charge in [0.2, 0.25) is 17.3 Å². The number of piperidine rings is 1. The van der Waals surface area contributed by atoms with Crippen LogP contribution in [0, 0.1) is 0 Å². The second-order valence-electron chi connectivity index (χ2n) is 9.62. The number of nitrogens with zero attached hydrogens (tertiary/aromatic N) is 1. The van der Waals surface area contributed by atoms with Gasteiger partial charge in [-0.1, -0.05) is 6.07 Å². The van der Waals surface area contributed by atoms with E-state index in [2.05, 4.69) is 17.4 Å². The highest BCUT2D eigenvalue weighted by Gasteiger charge is 2.58. The first kappa shape index (κ1) is 25.2. The van der Waals surface area contributed by atoms with Crippen LogP contribution in [-0.4, -0.2) is 75.4 Å². The second kappa shape index (κ2) is 10.1. The van der Waals surface area contributed by atoms with E-state index in [4.69, 9.17) is 18.9 Å². The van der Waals surface area contributed by atoms with Crippen molar-refractivity contribution in [2.75, 3.05) is 35.0 Å². The van der Waals surface area contributed by atoms with Crippen LogP contribution >= 0.6 is 0 Å². The van der Waals surface area contributed by atoms with Crippen molar-refractivity contribution in [3.8, 4) is 23.0 Å². The maximum absolute atomic E-state index is 13.5. The van der Waals surface area contributed by atoms with Crippen molar-refractivity contribution in [2.24, 2.45) is 0 Å². The monoisotopic (exact) mass is 508 g/mol. The van der Waals surface area contributed by atoms with Crippen molar-refractivity contribution in [1.29, 1.82) is 0 Å². The Morgan fingerprint density at radius 3 is 2.32 bits per heavy atom. The molecule has 2 fully saturated rings. The van der Waals surface area contributed by atoms with Crippen LogP contribution in [0.1, 0.15) is 46.8 Å². The Bertz CT molecular complexity index is 1220. The first-order valence-corrected chi connectivity index (χ1v) is 12.5. The molecule has 9 nitrogen and oxygen atoms in total. The first-order valence-electron chi connectivity index (χ1n) is 12.5. The van der Waals surface area contributed by atoms with Crippen LogP contribution in [0.4, 0.5) is 0 Å². The molecule has 5 rings (SSSR count). The first-order chi connectivity index (χ1) is 17.9. The number of ether oxygens (including phenoxy) is 4. The Morgan fingerprint density at radius 2 is 1.68 bits per heavy atom. The Balaban J connectivity index is 1.44. The maximum atomic E-state index is 13.5. The topological polar surface area (TPSA) is 103 Å². The Kier molecular flexibility index (Phi) is 6.92. The highest BCUT2D eigenvalue weighted by Crippen LogP contribution is 2.43. The minimum atomic E-state index is -1.09. The minimum absolute atomic E-state index is 0.0443. The fourth-order valence-electron chi connectivity index (χ4n) is 6.08. The number of rotatable bonds is 8. The number of nitrogens with one attached hydrogen (secondary N) is 1. The molecule has 4 atom stereocenters. The van der Waals surface area contributed by atoms with E-state index in [0.29, 0.717) is 12.2 Å². The van der Waals surface area contributed by atoms with Crippen molar-refractivity contribution in [3.05, 3.63) is 47.0 Å². The quantitative estimate of drug-likeness (QED) is 0.327. The van der Waals surface area contributed by atoms with Crippen LogP contribution in [0.3, 0.4) is 0 Å². The largest absolute Gasteiger partial charge is 0.497 e. The third-order valence-corrected chi connectivity index (χ3v) is 7.84. The molecule has 9 heteroatoms. The van der Waals surface area contributed by atoms with Crippen LogP contribution in [0.2, 0.25) is 0 Å². The molecule has 2 saturated heterocycles. The van der Waals surface area contributed by atoms with Crippen LogP contribution in [0.5, 0.6) is 23.0 Å². The highest BCUT2D eigenvalue weighted by atomic mass is 16.5. The molecule has 2 aromatic carbocycles. The number of methoxy groups -OCH3 is 4. The predicted octanol–water partition coefficient (Wildman–Crippen LogP) is 2.53. The van der Waals surface area contributed by atoms with E-state index in [1.54, 1.807) is 7.11 Å². The van der Waals surface area contributed by atoms with Gasteiger partial charge in [0, 0.05) is 17.6 Å². The summed E-state index contributed by atoms with van der Waals surface area (Å²) in [5.41, 5.74) is 2.45. The van der Waals surface area contributed by atoms with Crippen LogP contribution in [-0.2, 0) is 16.0 Å². The van der Waals surface area contributed by atoms with Gasteiger partial charge in [0.05, 0.1) is 34.5 Å². The molecular formula is C28H32N2O7. The van der Waals surface area contributed by atoms with E-state index in [1.165, 1.54) is 39.0 Å². The van der Waals surface area contributed by atoms with Gasteiger partial charge in [0.25, 0.3) is 0 Å². The van der Waals surface area contributed by atoms with Gasteiger partial charge < -0.3 is 24.3 Å². The standard InChI is InChI=1S/C28H32N2O7/c1-34-17-8-9-18-15(12-17)10-11-29-23(18)19-6-5-7-20-26(32)24(30(19)20)27(33)25(31)16-13-21(35-2)28(37-4)22(14-16)36-3/h8-9,12-14,19-20,23-24,29H,5-7,10-11H2,1-4H3. The molecular weight excluding hydrogens is 476 g/mol. The van der Waals surface area contributed by atoms with Gasteiger partial charge in [-0.25, -0.2) is 0 Å². The average molecular weight is 509 g/mol. The zero-order chi connectivity index (χ0) is 26.3. The van der Waals surface area contributed by atoms with Gasteiger partial charge in [0.15, 0.2) is 17.3 Å². The predicted molar refractivity (Wildman–Crippen MR) is 135 cm³/mol. The van der Waals surface area contributed by atoms with E-state index in [0.717, 1.165) is 37.1 Å². The lowest BCUT2D eigenvalue weighted by Gasteiger charge is -2.55. The molecule has 3 aliphatic heterocycles. The van der Waals surface area contributed by atoms with E-state index in [1.807, 2.05) is 11.0 Å². The van der Waals surface area contributed by atoms with Gasteiger partial charge >= 0.3 is 0 Å². The Morgan fingerprint density at radius 1 is 0.946 bits per heavy atom. The van der Waals surface area contributed by atoms with E-state index in [-0.39, 0.29) is 41.0 Å². The fraction of sp³-hybridized carbons (Fsp3) is 0.464. The van der Waals surface area contributed by atoms with Gasteiger partial charge in [0.1, 0.15) is 11.8 Å². The zero-order valence-electron chi connectivity index (χ0n) is 21.5. The summed E-state index contributed by atoms with van der Waals surface area (Å²) in [6.07, 6.45) is 3.29. The lowest BCUT2D eigenvalue weighted by Crippen LogP contribution is -2.74. The van der Waals surface area contributed by atoms with Crippen LogP contribution < -0.4 is 24.3 Å². The molecule has 0 spiro atoms. The number of hydrogen-bond acceptors (Lipinski definition) is 9. The SMILES string of the molecule is COc1ccc2c(c1)CCNC2C1CCCC2C(=O)C(C(=O)C(=O)c3cc(OC)c(OC)c(OC)c3)N21. The van der Waals surface area contributed by atoms with E-state index < -0.39 is 17.6 Å². The summed E-state index contributed by atoms with van der Waals surface area (Å²) < 4.78 is 21.4. The summed E-state index contributed by atoms with van der Waals surface area (Å²) >= 11 is 0. The molecule has 4 unspecified atom stereocenters. The van der Waals surface area contributed by atoms with Crippen molar-refractivity contribution >= 4 is 17.3 Å². The van der Waals surface area contributed by atoms with Crippen LogP contribution in [0.15, 0.2) is 30.3 Å². The fourth-order valence-corrected chi connectivity index (χ4v) is 6.08. The maximum Gasteiger partial charge on any atom is 0.231 e. The zero-order valence-corrected chi connectivity index (χ0v) is 21.5. The molecule has 3 heterocycles. The summed E-state index contributed by atoms with van der Waals surface area (Å²) in [4.78, 5) is 42.0. The molecule has 37 heavy (non-hydrogen) atoms. The molecule has 0 amide bonds. The van der Waals surface area contributed by atoms with Crippen molar-refractivity contribution < 1.29 is 33.3 Å². The lowest BCUT2D eigenvalue weighted by atomic mass is 9.74. The van der Waals surface area contributed by atoms with Gasteiger partial charge in [-0.15, -0.1) is 0 Å². The number of ketones is 3. The van der Waals surface area contributed by atoms with Gasteiger partial charge in [-0.2, -0.15) is 0 Å². The summed E-state index contributed by atoms with van der Waals surface area (Å²) in [5.74, 6) is 0.0133. The van der Waals surface area contributed by atoms with Crippen LogP contribution in [0.25, 0.3) is 0 Å². The van der Waals surface area contributed by atoms with Gasteiger partial charge in [-0.3, -0.25) is 19.3 Å². The molecule has 0 aliphatic carbocycles. The number of carbonyl (C=O) groups excluding carboxylic acids is 3. The number of fused-ring (bicyclic) bond motifs is 2. The molecule has 0 bridgehead atoms. The number of hydrogen-bond donors (Lipinski definition) is 1. The van der Waals surface area contributed by atoms with Crippen molar-refractivity contribution in [2.45, 2.75) is 49.9 Å². The third-order valence-electron chi connectivity index (χ3n) is 7.84. The average Bonchev–Trinajstić information content (AvgIpc) is 2.94. The molecule has 0 saturated carbocycles. The molecule has 196 valence electrons. The normalized spacial score (nSPS) is 24.8. The van der Waals surface area contributed by atoms with Crippen molar-refractivity contribution in [3.63, 3.8) is 0 Å². The number of benzene rings is 2. The molecule has 1 N–H and O–H groups in total. The summed E-state index contributed by atoms with van der Waals surface area (Å²) in [5, 5.41) is 3.61. The Labute approximate surface area is 216 Å². The second-order valence-corrected chi connectivity index (χ2v) is 9.62. The third kappa shape index (κ3) is 4.16. The summed E-state index contributed by atoms with van der Waals surface area (Å²) in [6, 6.07) is 7.40. The molecule has 3 aliphatic rings. The molecule has 2 aromatic rings. The molecule has 0 aromatic heterocycles. The number of Topliss-reactive ketones (excluding diaryl/α,β-unsaturated/α-hetero) is 3. The Hall–Kier alpha value is -3.43. The van der Waals surface area contributed by atoms with Gasteiger partial charge in [-0.05, 0) is 67.6 Å². The smallest absolute Gasteiger partial charge is 0.231 e. The van der Waals surface area contributed by atoms with E-state index >= 15 is 0 Å². The van der Waals surface area contributed by atoms with E-state index in [9.17, 15) is 14.4 Å². The lowest BCUT2D eigenvalue weighted by molar-refractivity contribution is -0.159. The highest BCUT2D eigenvalue weighted by molar-refractivity contribution is 6.49. The minimum Gasteiger partial charge on any atom is -0.497 e. The molecule has 0 radical (unpaired) electrons. The van der Waals surface area contributed by atoms with Crippen molar-refractivity contribution in [1.82, 2.24) is 10.2 Å². The summed E-state index contributed by atoms with van der Waals surface area (Å²) in [6.45, 7) is 0.788. The number of carbonyl (C=O) groups is 3.